The van der Waals surface area contributed by atoms with Gasteiger partial charge in [-0.15, -0.1) is 0 Å². The lowest BCUT2D eigenvalue weighted by Gasteiger charge is -2.30. The van der Waals surface area contributed by atoms with Crippen molar-refractivity contribution in [1.82, 2.24) is 5.32 Å². The molecule has 2 nitrogen and oxygen atoms in total. The zero-order chi connectivity index (χ0) is 11.9. The fourth-order valence-electron chi connectivity index (χ4n) is 3.18. The molecule has 1 saturated carbocycles. The minimum absolute atomic E-state index is 0.0177. The minimum Gasteiger partial charge on any atom is -0.374 e. The molecule has 1 aliphatic heterocycles. The SMILES string of the molecule is COC1(c2ccccc2C2(C)CCCN2)CC1. The smallest absolute Gasteiger partial charge is 0.0933 e. The predicted octanol–water partition coefficient (Wildman–Crippen LogP) is 2.92. The van der Waals surface area contributed by atoms with Gasteiger partial charge < -0.3 is 10.1 Å². The molecule has 0 amide bonds. The van der Waals surface area contributed by atoms with Crippen molar-refractivity contribution in [3.8, 4) is 0 Å². The van der Waals surface area contributed by atoms with Crippen LogP contribution in [0.15, 0.2) is 24.3 Å². The van der Waals surface area contributed by atoms with Gasteiger partial charge in [0.15, 0.2) is 0 Å². The van der Waals surface area contributed by atoms with E-state index < -0.39 is 0 Å². The van der Waals surface area contributed by atoms with Crippen molar-refractivity contribution in [3.05, 3.63) is 35.4 Å². The van der Waals surface area contributed by atoms with Gasteiger partial charge in [-0.05, 0) is 50.3 Å². The normalized spacial score (nSPS) is 30.5. The Morgan fingerprint density at radius 1 is 1.12 bits per heavy atom. The van der Waals surface area contributed by atoms with Crippen molar-refractivity contribution < 1.29 is 4.74 Å². The highest BCUT2D eigenvalue weighted by Gasteiger charge is 2.48. The molecule has 1 N–H and O–H groups in total. The summed E-state index contributed by atoms with van der Waals surface area (Å²) >= 11 is 0. The largest absolute Gasteiger partial charge is 0.374 e. The molecule has 0 bridgehead atoms. The summed E-state index contributed by atoms with van der Waals surface area (Å²) in [6.07, 6.45) is 4.82. The second-order valence-electron chi connectivity index (χ2n) is 5.61. The second kappa shape index (κ2) is 3.82. The Labute approximate surface area is 103 Å². The van der Waals surface area contributed by atoms with Crippen molar-refractivity contribution in [2.24, 2.45) is 0 Å². The molecule has 1 heterocycles. The maximum absolute atomic E-state index is 5.75. The molecule has 1 aliphatic carbocycles. The summed E-state index contributed by atoms with van der Waals surface area (Å²) in [6, 6.07) is 8.80. The van der Waals surface area contributed by atoms with Gasteiger partial charge in [0.1, 0.15) is 0 Å². The lowest BCUT2D eigenvalue weighted by Crippen LogP contribution is -2.35. The first kappa shape index (κ1) is 11.2. The molecule has 1 aromatic carbocycles. The summed E-state index contributed by atoms with van der Waals surface area (Å²) in [5.41, 5.74) is 3.01. The van der Waals surface area contributed by atoms with E-state index in [9.17, 15) is 0 Å². The number of rotatable bonds is 3. The Bertz CT molecular complexity index is 417. The summed E-state index contributed by atoms with van der Waals surface area (Å²) in [5, 5.41) is 3.66. The number of methoxy groups -OCH3 is 1. The number of nitrogens with one attached hydrogen (secondary N) is 1. The van der Waals surface area contributed by atoms with Gasteiger partial charge in [0.05, 0.1) is 5.60 Å². The van der Waals surface area contributed by atoms with Crippen LogP contribution in [0.25, 0.3) is 0 Å². The third kappa shape index (κ3) is 1.71. The Balaban J connectivity index is 2.05. The Kier molecular flexibility index (Phi) is 2.53. The number of hydrogen-bond donors (Lipinski definition) is 1. The molecule has 0 aromatic heterocycles. The van der Waals surface area contributed by atoms with Crippen LogP contribution >= 0.6 is 0 Å². The zero-order valence-electron chi connectivity index (χ0n) is 10.8. The van der Waals surface area contributed by atoms with Gasteiger partial charge in [-0.25, -0.2) is 0 Å². The van der Waals surface area contributed by atoms with E-state index in [1.54, 1.807) is 0 Å². The number of benzene rings is 1. The molecule has 2 fully saturated rings. The molecule has 3 rings (SSSR count). The maximum atomic E-state index is 5.75. The first-order valence-electron chi connectivity index (χ1n) is 6.60. The molecule has 1 aromatic rings. The fourth-order valence-corrected chi connectivity index (χ4v) is 3.18. The van der Waals surface area contributed by atoms with Crippen LogP contribution in [-0.4, -0.2) is 13.7 Å². The van der Waals surface area contributed by atoms with Crippen molar-refractivity contribution >= 4 is 0 Å². The van der Waals surface area contributed by atoms with Crippen molar-refractivity contribution in [1.29, 1.82) is 0 Å². The molecule has 1 unspecified atom stereocenters. The fraction of sp³-hybridized carbons (Fsp3) is 0.600. The van der Waals surface area contributed by atoms with Crippen molar-refractivity contribution in [2.75, 3.05) is 13.7 Å². The lowest BCUT2D eigenvalue weighted by atomic mass is 9.84. The van der Waals surface area contributed by atoms with Gasteiger partial charge in [-0.3, -0.25) is 0 Å². The van der Waals surface area contributed by atoms with E-state index in [0.717, 1.165) is 19.4 Å². The highest BCUT2D eigenvalue weighted by atomic mass is 16.5. The molecule has 17 heavy (non-hydrogen) atoms. The maximum Gasteiger partial charge on any atom is 0.0933 e. The van der Waals surface area contributed by atoms with Crippen molar-refractivity contribution in [3.63, 3.8) is 0 Å². The highest BCUT2D eigenvalue weighted by molar-refractivity contribution is 5.41. The molecule has 1 atom stereocenters. The second-order valence-corrected chi connectivity index (χ2v) is 5.61. The summed E-state index contributed by atoms with van der Waals surface area (Å²) in [4.78, 5) is 0. The van der Waals surface area contributed by atoms with E-state index in [0.29, 0.717) is 0 Å². The van der Waals surface area contributed by atoms with E-state index in [-0.39, 0.29) is 11.1 Å². The zero-order valence-corrected chi connectivity index (χ0v) is 10.8. The summed E-state index contributed by atoms with van der Waals surface area (Å²) in [5.74, 6) is 0. The minimum atomic E-state index is 0.0177. The van der Waals surface area contributed by atoms with Crippen LogP contribution < -0.4 is 5.32 Å². The Hall–Kier alpha value is -0.860. The molecule has 92 valence electrons. The van der Waals surface area contributed by atoms with Gasteiger partial charge in [0.2, 0.25) is 0 Å². The van der Waals surface area contributed by atoms with Crippen molar-refractivity contribution in [2.45, 2.75) is 43.7 Å². The molecule has 0 spiro atoms. The molecular formula is C15H21NO. The van der Waals surface area contributed by atoms with Gasteiger partial charge in [-0.2, -0.15) is 0 Å². The molecular weight excluding hydrogens is 210 g/mol. The van der Waals surface area contributed by atoms with Gasteiger partial charge in [0.25, 0.3) is 0 Å². The van der Waals surface area contributed by atoms with Gasteiger partial charge >= 0.3 is 0 Å². The van der Waals surface area contributed by atoms with E-state index in [4.69, 9.17) is 4.74 Å². The average Bonchev–Trinajstić information content (AvgIpc) is 3.05. The monoisotopic (exact) mass is 231 g/mol. The third-order valence-electron chi connectivity index (χ3n) is 4.48. The van der Waals surface area contributed by atoms with Crippen LogP contribution in [0.5, 0.6) is 0 Å². The molecule has 1 saturated heterocycles. The first-order valence-corrected chi connectivity index (χ1v) is 6.60. The van der Waals surface area contributed by atoms with E-state index in [1.165, 1.54) is 24.0 Å². The standard InChI is InChI=1S/C15H21NO/c1-14(8-5-11-16-14)12-6-3-4-7-13(12)15(17-2)9-10-15/h3-4,6-7,16H,5,8-11H2,1-2H3. The molecule has 2 heteroatoms. The number of ether oxygens (including phenoxy) is 1. The van der Waals surface area contributed by atoms with Crippen LogP contribution in [0.4, 0.5) is 0 Å². The predicted molar refractivity (Wildman–Crippen MR) is 69.0 cm³/mol. The summed E-state index contributed by atoms with van der Waals surface area (Å²) in [7, 11) is 1.84. The van der Waals surface area contributed by atoms with Crippen LogP contribution in [0, 0.1) is 0 Å². The topological polar surface area (TPSA) is 21.3 Å². The number of hydrogen-bond acceptors (Lipinski definition) is 2. The van der Waals surface area contributed by atoms with Gasteiger partial charge in [0, 0.05) is 12.6 Å². The Morgan fingerprint density at radius 2 is 1.82 bits per heavy atom. The van der Waals surface area contributed by atoms with Crippen LogP contribution in [-0.2, 0) is 15.9 Å². The average molecular weight is 231 g/mol. The lowest BCUT2D eigenvalue weighted by molar-refractivity contribution is 0.0768. The molecule has 2 aliphatic rings. The van der Waals surface area contributed by atoms with E-state index in [2.05, 4.69) is 36.5 Å². The third-order valence-corrected chi connectivity index (χ3v) is 4.48. The van der Waals surface area contributed by atoms with Gasteiger partial charge in [-0.1, -0.05) is 24.3 Å². The van der Waals surface area contributed by atoms with Crippen LogP contribution in [0.3, 0.4) is 0 Å². The molecule has 0 radical (unpaired) electrons. The first-order chi connectivity index (χ1) is 8.20. The summed E-state index contributed by atoms with van der Waals surface area (Å²) in [6.45, 7) is 3.45. The quantitative estimate of drug-likeness (QED) is 0.863. The Morgan fingerprint density at radius 3 is 2.35 bits per heavy atom. The van der Waals surface area contributed by atoms with E-state index in [1.807, 2.05) is 7.11 Å². The highest BCUT2D eigenvalue weighted by Crippen LogP contribution is 2.51. The van der Waals surface area contributed by atoms with Crippen LogP contribution in [0.1, 0.15) is 43.7 Å². The van der Waals surface area contributed by atoms with E-state index >= 15 is 0 Å². The summed E-state index contributed by atoms with van der Waals surface area (Å²) < 4.78 is 5.75. The van der Waals surface area contributed by atoms with Crippen LogP contribution in [0.2, 0.25) is 0 Å².